The zero-order valence-electron chi connectivity index (χ0n) is 9.28. The van der Waals surface area contributed by atoms with Gasteiger partial charge in [-0.2, -0.15) is 5.26 Å². The van der Waals surface area contributed by atoms with Crippen LogP contribution in [0.5, 0.6) is 0 Å². The number of thiazole rings is 1. The van der Waals surface area contributed by atoms with E-state index in [1.807, 2.05) is 6.07 Å². The Kier molecular flexibility index (Phi) is 3.60. The molecule has 0 atom stereocenters. The number of aliphatic carboxylic acids is 1. The van der Waals surface area contributed by atoms with Crippen molar-refractivity contribution < 1.29 is 14.6 Å². The molecule has 90 valence electrons. The molecule has 0 aliphatic heterocycles. The van der Waals surface area contributed by atoms with Crippen LogP contribution in [-0.4, -0.2) is 21.2 Å². The molecule has 0 aliphatic carbocycles. The summed E-state index contributed by atoms with van der Waals surface area (Å²) in [6.45, 7) is 0.330. The molecule has 0 aromatic carbocycles. The lowest BCUT2D eigenvalue weighted by atomic mass is 10.3. The molecule has 0 saturated carbocycles. The van der Waals surface area contributed by atoms with Gasteiger partial charge in [0.1, 0.15) is 23.7 Å². The Hall–Kier alpha value is -2.33. The van der Waals surface area contributed by atoms with Crippen molar-refractivity contribution >= 4 is 17.3 Å². The van der Waals surface area contributed by atoms with Crippen molar-refractivity contribution in [3.63, 3.8) is 0 Å². The van der Waals surface area contributed by atoms with Crippen LogP contribution in [0.2, 0.25) is 0 Å². The first-order valence-corrected chi connectivity index (χ1v) is 6.00. The maximum Gasteiger partial charge on any atom is 0.309 e. The SMILES string of the molecule is N#Cc1csc(-c2cc[n+](CCC(=O)O)nc2)n1. The number of carbonyl (C=O) groups is 1. The molecule has 0 saturated heterocycles. The first-order valence-electron chi connectivity index (χ1n) is 5.12. The molecule has 0 fully saturated rings. The highest BCUT2D eigenvalue weighted by atomic mass is 32.1. The zero-order valence-corrected chi connectivity index (χ0v) is 10.1. The molecule has 1 N–H and O–H groups in total. The van der Waals surface area contributed by atoms with E-state index in [9.17, 15) is 4.79 Å². The van der Waals surface area contributed by atoms with Gasteiger partial charge >= 0.3 is 5.97 Å². The van der Waals surface area contributed by atoms with Crippen LogP contribution in [0.3, 0.4) is 0 Å². The second kappa shape index (κ2) is 5.33. The van der Waals surface area contributed by atoms with Gasteiger partial charge in [-0.15, -0.1) is 11.3 Å². The Morgan fingerprint density at radius 3 is 3.00 bits per heavy atom. The predicted molar refractivity (Wildman–Crippen MR) is 62.5 cm³/mol. The molecule has 0 radical (unpaired) electrons. The van der Waals surface area contributed by atoms with Gasteiger partial charge in [-0.25, -0.2) is 4.98 Å². The van der Waals surface area contributed by atoms with Crippen LogP contribution >= 0.6 is 11.3 Å². The van der Waals surface area contributed by atoms with Gasteiger partial charge in [-0.3, -0.25) is 4.79 Å². The topological polar surface area (TPSA) is 90.8 Å². The van der Waals surface area contributed by atoms with Crippen molar-refractivity contribution in [2.24, 2.45) is 0 Å². The smallest absolute Gasteiger partial charge is 0.309 e. The van der Waals surface area contributed by atoms with Gasteiger partial charge in [-0.1, -0.05) is 4.68 Å². The van der Waals surface area contributed by atoms with Gasteiger partial charge in [0.2, 0.25) is 0 Å². The number of nitriles is 1. The van der Waals surface area contributed by atoms with Crippen molar-refractivity contribution in [1.29, 1.82) is 5.26 Å². The average Bonchev–Trinajstić information content (AvgIpc) is 2.85. The first-order chi connectivity index (χ1) is 8.69. The minimum atomic E-state index is -0.855. The van der Waals surface area contributed by atoms with Crippen LogP contribution in [0.15, 0.2) is 23.8 Å². The van der Waals surface area contributed by atoms with Gasteiger partial charge in [0.25, 0.3) is 0 Å². The van der Waals surface area contributed by atoms with E-state index in [4.69, 9.17) is 10.4 Å². The van der Waals surface area contributed by atoms with E-state index >= 15 is 0 Å². The zero-order chi connectivity index (χ0) is 13.0. The molecule has 0 amide bonds. The Balaban J connectivity index is 2.12. The van der Waals surface area contributed by atoms with Crippen LogP contribution in [-0.2, 0) is 11.3 Å². The second-order valence-corrected chi connectivity index (χ2v) is 4.33. The fourth-order valence-electron chi connectivity index (χ4n) is 1.31. The minimum Gasteiger partial charge on any atom is -0.481 e. The molecule has 0 bridgehead atoms. The largest absolute Gasteiger partial charge is 0.481 e. The number of rotatable bonds is 4. The molecule has 0 unspecified atom stereocenters. The molecule has 0 spiro atoms. The van der Waals surface area contributed by atoms with Gasteiger partial charge in [0.05, 0.1) is 0 Å². The standard InChI is InChI=1S/C11H8N4O2S/c12-5-9-7-18-11(14-9)8-1-3-15(13-6-8)4-2-10(16)17/h1,3,6-7H,2,4H2/p+1. The van der Waals surface area contributed by atoms with Gasteiger partial charge in [0.15, 0.2) is 18.4 Å². The number of hydrogen-bond donors (Lipinski definition) is 1. The lowest BCUT2D eigenvalue weighted by Gasteiger charge is -1.94. The van der Waals surface area contributed by atoms with E-state index < -0.39 is 5.97 Å². The Morgan fingerprint density at radius 2 is 2.44 bits per heavy atom. The summed E-state index contributed by atoms with van der Waals surface area (Å²) < 4.78 is 1.55. The third-order valence-corrected chi connectivity index (χ3v) is 3.08. The monoisotopic (exact) mass is 261 g/mol. The van der Waals surface area contributed by atoms with Gasteiger partial charge < -0.3 is 5.11 Å². The van der Waals surface area contributed by atoms with Crippen LogP contribution in [0.4, 0.5) is 0 Å². The third kappa shape index (κ3) is 2.87. The predicted octanol–water partition coefficient (Wildman–Crippen LogP) is 0.839. The van der Waals surface area contributed by atoms with Crippen LogP contribution in [0.25, 0.3) is 10.6 Å². The third-order valence-electron chi connectivity index (χ3n) is 2.19. The molecule has 2 rings (SSSR count). The number of carboxylic acids is 1. The highest BCUT2D eigenvalue weighted by molar-refractivity contribution is 7.13. The molecule has 7 heteroatoms. The molecule has 0 aliphatic rings. The number of hydrogen-bond acceptors (Lipinski definition) is 5. The molecule has 2 heterocycles. The Bertz CT molecular complexity index is 600. The summed E-state index contributed by atoms with van der Waals surface area (Å²) in [5, 5.41) is 23.7. The minimum absolute atomic E-state index is 0.0346. The number of aryl methyl sites for hydroxylation is 1. The van der Waals surface area contributed by atoms with E-state index in [0.29, 0.717) is 12.2 Å². The highest BCUT2D eigenvalue weighted by Gasteiger charge is 2.09. The van der Waals surface area contributed by atoms with E-state index in [0.717, 1.165) is 10.6 Å². The molecule has 6 nitrogen and oxygen atoms in total. The summed E-state index contributed by atoms with van der Waals surface area (Å²) >= 11 is 1.37. The summed E-state index contributed by atoms with van der Waals surface area (Å²) in [7, 11) is 0. The van der Waals surface area contributed by atoms with E-state index in [1.165, 1.54) is 11.3 Å². The summed E-state index contributed by atoms with van der Waals surface area (Å²) in [4.78, 5) is 14.5. The summed E-state index contributed by atoms with van der Waals surface area (Å²) in [6, 6.07) is 3.77. The normalized spacial score (nSPS) is 9.94. The maximum atomic E-state index is 10.4. The van der Waals surface area contributed by atoms with Crippen molar-refractivity contribution in [3.8, 4) is 16.6 Å². The summed E-state index contributed by atoms with van der Waals surface area (Å²) in [5.74, 6) is -0.855. The van der Waals surface area contributed by atoms with Crippen LogP contribution in [0, 0.1) is 11.3 Å². The van der Waals surface area contributed by atoms with Crippen molar-refractivity contribution in [2.45, 2.75) is 13.0 Å². The maximum absolute atomic E-state index is 10.4. The fraction of sp³-hybridized carbons (Fsp3) is 0.182. The molecule has 18 heavy (non-hydrogen) atoms. The van der Waals surface area contributed by atoms with Gasteiger partial charge in [-0.05, 0) is 5.10 Å². The van der Waals surface area contributed by atoms with Crippen LogP contribution < -0.4 is 4.68 Å². The molecular formula is C11H9N4O2S+. The fourth-order valence-corrected chi connectivity index (χ4v) is 2.05. The Morgan fingerprint density at radius 1 is 1.61 bits per heavy atom. The average molecular weight is 261 g/mol. The van der Waals surface area contributed by atoms with E-state index in [1.54, 1.807) is 28.5 Å². The number of carboxylic acid groups (broad SMARTS) is 1. The summed E-state index contributed by atoms with van der Waals surface area (Å²) in [5.41, 5.74) is 1.20. The lowest BCUT2D eigenvalue weighted by molar-refractivity contribution is -0.752. The lowest BCUT2D eigenvalue weighted by Crippen LogP contribution is -2.38. The second-order valence-electron chi connectivity index (χ2n) is 3.47. The van der Waals surface area contributed by atoms with Crippen molar-refractivity contribution in [2.75, 3.05) is 0 Å². The van der Waals surface area contributed by atoms with Crippen LogP contribution in [0.1, 0.15) is 12.1 Å². The molecule has 2 aromatic heterocycles. The van der Waals surface area contributed by atoms with Gasteiger partial charge in [0, 0.05) is 17.0 Å². The first kappa shape index (κ1) is 12.1. The van der Waals surface area contributed by atoms with Crippen molar-refractivity contribution in [1.82, 2.24) is 10.1 Å². The molecular weight excluding hydrogens is 252 g/mol. The van der Waals surface area contributed by atoms with Crippen molar-refractivity contribution in [3.05, 3.63) is 29.5 Å². The number of aromatic nitrogens is 3. The Labute approximate surface area is 107 Å². The van der Waals surface area contributed by atoms with E-state index in [2.05, 4.69) is 10.1 Å². The summed E-state index contributed by atoms with van der Waals surface area (Å²) in [6.07, 6.45) is 3.35. The quantitative estimate of drug-likeness (QED) is 0.823. The highest BCUT2D eigenvalue weighted by Crippen LogP contribution is 2.21. The molecule has 2 aromatic rings. The van der Waals surface area contributed by atoms with E-state index in [-0.39, 0.29) is 6.42 Å². The number of nitrogens with zero attached hydrogens (tertiary/aromatic N) is 4.